The molecule has 1 aromatic rings. The summed E-state index contributed by atoms with van der Waals surface area (Å²) in [5.74, 6) is 0. The van der Waals surface area contributed by atoms with Crippen LogP contribution in [-0.2, 0) is 21.6 Å². The van der Waals surface area contributed by atoms with Crippen LogP contribution in [0.3, 0.4) is 0 Å². The van der Waals surface area contributed by atoms with Gasteiger partial charge in [0, 0.05) is 19.4 Å². The minimum absolute atomic E-state index is 0.0289. The van der Waals surface area contributed by atoms with E-state index in [4.69, 9.17) is 4.55 Å². The quantitative estimate of drug-likeness (QED) is 0.704. The second-order valence-corrected chi connectivity index (χ2v) is 3.15. The van der Waals surface area contributed by atoms with Crippen molar-refractivity contribution < 1.29 is 17.2 Å². The largest absolute Gasteiger partial charge is 0.397 e. The molecule has 0 atom stereocenters. The van der Waals surface area contributed by atoms with E-state index >= 15 is 0 Å². The molecule has 76 valence electrons. The Balaban J connectivity index is 0.000000223. The molecule has 1 heterocycles. The third-order valence-corrected chi connectivity index (χ3v) is 1.44. The molecule has 7 heteroatoms. The van der Waals surface area contributed by atoms with E-state index < -0.39 is 10.4 Å². The van der Waals surface area contributed by atoms with Crippen LogP contribution in [0.4, 0.5) is 0 Å². The van der Waals surface area contributed by atoms with E-state index in [0.29, 0.717) is 0 Å². The Morgan fingerprint density at radius 2 is 2.23 bits per heavy atom. The van der Waals surface area contributed by atoms with E-state index in [1.54, 1.807) is 12.5 Å². The van der Waals surface area contributed by atoms with Gasteiger partial charge in [0.25, 0.3) is 0 Å². The second kappa shape index (κ2) is 5.68. The highest BCUT2D eigenvalue weighted by atomic mass is 32.3. The molecule has 0 aliphatic carbocycles. The Morgan fingerprint density at radius 3 is 2.31 bits per heavy atom. The molecule has 0 unspecified atom stereocenters. The summed E-state index contributed by atoms with van der Waals surface area (Å²) in [7, 11) is -2.24. The number of aromatic nitrogens is 2. The average Bonchev–Trinajstić information content (AvgIpc) is 2.38. The van der Waals surface area contributed by atoms with Crippen molar-refractivity contribution in [2.45, 2.75) is 6.92 Å². The average molecular weight is 208 g/mol. The molecule has 0 saturated heterocycles. The van der Waals surface area contributed by atoms with E-state index in [9.17, 15) is 8.42 Å². The summed E-state index contributed by atoms with van der Waals surface area (Å²) < 4.78 is 32.5. The van der Waals surface area contributed by atoms with Crippen LogP contribution in [0.1, 0.15) is 6.92 Å². The van der Waals surface area contributed by atoms with E-state index in [1.807, 2.05) is 17.8 Å². The van der Waals surface area contributed by atoms with Crippen molar-refractivity contribution in [3.63, 3.8) is 0 Å². The van der Waals surface area contributed by atoms with Gasteiger partial charge in [-0.2, -0.15) is 8.42 Å². The molecule has 1 rings (SSSR count). The highest BCUT2D eigenvalue weighted by Crippen LogP contribution is 1.81. The van der Waals surface area contributed by atoms with E-state index in [1.165, 1.54) is 6.92 Å². The van der Waals surface area contributed by atoms with Crippen molar-refractivity contribution in [1.82, 2.24) is 9.55 Å². The van der Waals surface area contributed by atoms with Crippen LogP contribution < -0.4 is 0 Å². The standard InChI is InChI=1S/C4H6N2.C2H6O4S/c1-6-3-2-5-4-6;1-2-6-7(3,4)5/h2-4H,1H3;2H2,1H3,(H,3,4,5). The molecule has 0 aliphatic heterocycles. The molecule has 0 spiro atoms. The molecule has 1 aromatic heterocycles. The molecule has 6 nitrogen and oxygen atoms in total. The van der Waals surface area contributed by atoms with Gasteiger partial charge in [-0.25, -0.2) is 9.17 Å². The lowest BCUT2D eigenvalue weighted by molar-refractivity contribution is 0.283. The van der Waals surface area contributed by atoms with Crippen molar-refractivity contribution in [1.29, 1.82) is 0 Å². The zero-order valence-electron chi connectivity index (χ0n) is 7.41. The number of rotatable bonds is 2. The molecule has 0 aliphatic rings. The lowest BCUT2D eigenvalue weighted by atomic mass is 10.9. The first-order chi connectivity index (χ1) is 5.95. The van der Waals surface area contributed by atoms with Crippen LogP contribution in [-0.4, -0.2) is 29.1 Å². The molecular formula is C6H12N2O4S. The summed E-state index contributed by atoms with van der Waals surface area (Å²) >= 11 is 0. The van der Waals surface area contributed by atoms with Crippen LogP contribution in [0.5, 0.6) is 0 Å². The van der Waals surface area contributed by atoms with E-state index in [-0.39, 0.29) is 6.61 Å². The van der Waals surface area contributed by atoms with Gasteiger partial charge < -0.3 is 4.57 Å². The summed E-state index contributed by atoms with van der Waals surface area (Å²) in [5, 5.41) is 0. The fourth-order valence-electron chi connectivity index (χ4n) is 0.475. The summed E-state index contributed by atoms with van der Waals surface area (Å²) in [5.41, 5.74) is 0. The molecular weight excluding hydrogens is 196 g/mol. The Kier molecular flexibility index (Phi) is 5.28. The summed E-state index contributed by atoms with van der Waals surface area (Å²) in [6.07, 6.45) is 5.39. The molecule has 0 radical (unpaired) electrons. The van der Waals surface area contributed by atoms with E-state index in [2.05, 4.69) is 9.17 Å². The van der Waals surface area contributed by atoms with Crippen LogP contribution in [0.25, 0.3) is 0 Å². The fourth-order valence-corrected chi connectivity index (χ4v) is 0.773. The second-order valence-electron chi connectivity index (χ2n) is 2.06. The third kappa shape index (κ3) is 8.99. The van der Waals surface area contributed by atoms with Gasteiger partial charge >= 0.3 is 10.4 Å². The van der Waals surface area contributed by atoms with E-state index in [0.717, 1.165) is 0 Å². The monoisotopic (exact) mass is 208 g/mol. The molecule has 0 aromatic carbocycles. The number of hydrogen-bond acceptors (Lipinski definition) is 4. The Bertz CT molecular complexity index is 305. The minimum Gasteiger partial charge on any atom is -0.341 e. The third-order valence-electron chi connectivity index (χ3n) is 0.903. The van der Waals surface area contributed by atoms with Crippen molar-refractivity contribution in [3.8, 4) is 0 Å². The number of imidazole rings is 1. The zero-order chi connectivity index (χ0) is 10.3. The first-order valence-corrected chi connectivity index (χ1v) is 4.86. The van der Waals surface area contributed by atoms with Gasteiger partial charge in [-0.1, -0.05) is 0 Å². The van der Waals surface area contributed by atoms with Crippen LogP contribution >= 0.6 is 0 Å². The molecule has 13 heavy (non-hydrogen) atoms. The predicted octanol–water partition coefficient (Wildman–Crippen LogP) is 0.246. The van der Waals surface area contributed by atoms with Crippen molar-refractivity contribution in [2.24, 2.45) is 7.05 Å². The lowest BCUT2D eigenvalue weighted by Gasteiger charge is -1.88. The molecule has 1 N–H and O–H groups in total. The van der Waals surface area contributed by atoms with Gasteiger partial charge in [0.05, 0.1) is 12.9 Å². The number of aryl methyl sites for hydroxylation is 1. The highest BCUT2D eigenvalue weighted by molar-refractivity contribution is 7.80. The molecule has 0 saturated carbocycles. The normalized spacial score (nSPS) is 10.4. The Morgan fingerprint density at radius 1 is 1.62 bits per heavy atom. The maximum atomic E-state index is 9.56. The fraction of sp³-hybridized carbons (Fsp3) is 0.500. The molecule has 0 bridgehead atoms. The molecule has 0 amide bonds. The predicted molar refractivity (Wildman–Crippen MR) is 46.4 cm³/mol. The van der Waals surface area contributed by atoms with Gasteiger partial charge in [0.1, 0.15) is 0 Å². The van der Waals surface area contributed by atoms with Crippen LogP contribution in [0.2, 0.25) is 0 Å². The summed E-state index contributed by atoms with van der Waals surface area (Å²) in [6.45, 7) is 1.44. The summed E-state index contributed by atoms with van der Waals surface area (Å²) in [4.78, 5) is 3.78. The van der Waals surface area contributed by atoms with Crippen molar-refractivity contribution in [2.75, 3.05) is 6.61 Å². The SMILES string of the molecule is CCOS(=O)(=O)O.Cn1ccnc1. The van der Waals surface area contributed by atoms with Crippen molar-refractivity contribution >= 4 is 10.4 Å². The minimum atomic E-state index is -4.17. The van der Waals surface area contributed by atoms with Gasteiger partial charge in [-0.05, 0) is 6.92 Å². The summed E-state index contributed by atoms with van der Waals surface area (Å²) in [6, 6.07) is 0. The Labute approximate surface area is 77.1 Å². The van der Waals surface area contributed by atoms with Crippen LogP contribution in [0.15, 0.2) is 18.7 Å². The maximum absolute atomic E-state index is 9.56. The zero-order valence-corrected chi connectivity index (χ0v) is 8.23. The number of hydrogen-bond donors (Lipinski definition) is 1. The lowest BCUT2D eigenvalue weighted by Crippen LogP contribution is -2.01. The topological polar surface area (TPSA) is 81.4 Å². The van der Waals surface area contributed by atoms with Gasteiger partial charge in [0.15, 0.2) is 0 Å². The maximum Gasteiger partial charge on any atom is 0.397 e. The van der Waals surface area contributed by atoms with Gasteiger partial charge in [-0.3, -0.25) is 4.55 Å². The van der Waals surface area contributed by atoms with Gasteiger partial charge in [0.2, 0.25) is 0 Å². The first-order valence-electron chi connectivity index (χ1n) is 3.49. The van der Waals surface area contributed by atoms with Crippen LogP contribution in [0, 0.1) is 0 Å². The first kappa shape index (κ1) is 12.1. The Hall–Kier alpha value is -0.920. The smallest absolute Gasteiger partial charge is 0.341 e. The highest BCUT2D eigenvalue weighted by Gasteiger charge is 1.98. The number of nitrogens with zero attached hydrogens (tertiary/aromatic N) is 2. The molecule has 0 fully saturated rings. The van der Waals surface area contributed by atoms with Gasteiger partial charge in [-0.15, -0.1) is 0 Å². The van der Waals surface area contributed by atoms with Crippen molar-refractivity contribution in [3.05, 3.63) is 18.7 Å².